The van der Waals surface area contributed by atoms with Gasteiger partial charge in [-0.05, 0) is 127 Å². The quantitative estimate of drug-likeness (QED) is 0.106. The molecular weight excluding hydrogens is 1020 g/mol. The Kier molecular flexibility index (Phi) is 13.6. The second-order valence-corrected chi connectivity index (χ2v) is 24.5. The Morgan fingerprint density at radius 2 is 1.42 bits per heavy atom. The summed E-state index contributed by atoms with van der Waals surface area (Å²) in [5.74, 6) is 1.63. The van der Waals surface area contributed by atoms with E-state index in [1.54, 1.807) is 6.07 Å². The maximum atomic E-state index is 13.0. The van der Waals surface area contributed by atoms with Crippen LogP contribution in [-0.4, -0.2) is 32.6 Å². The van der Waals surface area contributed by atoms with Gasteiger partial charge in [0.25, 0.3) is 0 Å². The van der Waals surface area contributed by atoms with Gasteiger partial charge in [-0.25, -0.2) is 4.98 Å². The van der Waals surface area contributed by atoms with Crippen molar-refractivity contribution in [1.82, 2.24) is 24.5 Å². The van der Waals surface area contributed by atoms with E-state index < -0.39 is 8.07 Å². The standard InChI is InChI=1S/C40H33N4O.C18H23FNSi.Ir/c1-23(2)20-29-15-17-31-30-12-9-13-33(38(30)45-40(31)42-29)39-43-35-19-18-34-32(16-14-26(5)41-34)37(35)44(39)36-24(3)21-28(22-25(36)4)27-10-7-6-8-11-27;1-13(2)10-15-11-17(14-6-8-16(19)9-7-14)20-12-18(15)21(3,4)5;/h6-12,14-19,21-23H,20H2,1-5H3;6,8-9,11-13H,10H2,1-5H3;/q2*-1;. The van der Waals surface area contributed by atoms with Crippen molar-refractivity contribution in [2.24, 2.45) is 11.8 Å². The van der Waals surface area contributed by atoms with E-state index in [0.29, 0.717) is 17.5 Å². The predicted molar refractivity (Wildman–Crippen MR) is 274 cm³/mol. The van der Waals surface area contributed by atoms with E-state index in [1.165, 1.54) is 34.0 Å². The first-order valence-electron chi connectivity index (χ1n) is 23.0. The van der Waals surface area contributed by atoms with E-state index in [-0.39, 0.29) is 25.9 Å². The second-order valence-electron chi connectivity index (χ2n) is 19.5. The number of benzene rings is 5. The molecule has 5 heterocycles. The largest absolute Gasteiger partial charge is 0.486 e. The van der Waals surface area contributed by atoms with Gasteiger partial charge in [-0.2, -0.15) is 0 Å². The molecule has 341 valence electrons. The van der Waals surface area contributed by atoms with Crippen LogP contribution in [0.3, 0.4) is 0 Å². The number of nitrogens with zero attached hydrogens (tertiary/aromatic N) is 5. The molecule has 5 aromatic carbocycles. The molecule has 67 heavy (non-hydrogen) atoms. The van der Waals surface area contributed by atoms with E-state index in [2.05, 4.69) is 174 Å². The zero-order chi connectivity index (χ0) is 46.4. The van der Waals surface area contributed by atoms with Crippen molar-refractivity contribution < 1.29 is 28.9 Å². The number of furan rings is 1. The van der Waals surface area contributed by atoms with Gasteiger partial charge < -0.3 is 14.0 Å². The molecule has 0 spiro atoms. The van der Waals surface area contributed by atoms with Gasteiger partial charge in [-0.1, -0.05) is 100 Å². The summed E-state index contributed by atoms with van der Waals surface area (Å²) in [6, 6.07) is 45.0. The maximum Gasteiger partial charge on any atom is 0.216 e. The molecule has 0 unspecified atom stereocenters. The Bertz CT molecular complexity index is 3380. The molecule has 10 aromatic rings. The smallest absolute Gasteiger partial charge is 0.216 e. The van der Waals surface area contributed by atoms with Crippen molar-refractivity contribution >= 4 is 57.3 Å². The molecular formula is C58H56FIrN5OSi-2. The van der Waals surface area contributed by atoms with Crippen molar-refractivity contribution in [1.29, 1.82) is 0 Å². The average molecular weight is 1080 g/mol. The summed E-state index contributed by atoms with van der Waals surface area (Å²) in [5, 5.41) is 4.48. The normalized spacial score (nSPS) is 11.8. The Morgan fingerprint density at radius 1 is 0.701 bits per heavy atom. The number of imidazole rings is 1. The Morgan fingerprint density at radius 3 is 2.10 bits per heavy atom. The maximum absolute atomic E-state index is 13.0. The molecule has 6 nitrogen and oxygen atoms in total. The fraction of sp³-hybridized carbons (Fsp3) is 0.241. The summed E-state index contributed by atoms with van der Waals surface area (Å²) < 4.78 is 21.9. The number of halogens is 1. The van der Waals surface area contributed by atoms with Gasteiger partial charge in [-0.15, -0.1) is 48.0 Å². The van der Waals surface area contributed by atoms with Gasteiger partial charge in [0.1, 0.15) is 0 Å². The molecule has 0 saturated heterocycles. The minimum Gasteiger partial charge on any atom is -0.486 e. The van der Waals surface area contributed by atoms with E-state index in [1.807, 2.05) is 19.2 Å². The first-order chi connectivity index (χ1) is 31.6. The molecule has 0 bridgehead atoms. The van der Waals surface area contributed by atoms with Crippen LogP contribution >= 0.6 is 0 Å². The average Bonchev–Trinajstić information content (AvgIpc) is 3.84. The molecule has 0 atom stereocenters. The van der Waals surface area contributed by atoms with Crippen molar-refractivity contribution in [2.45, 2.75) is 80.9 Å². The van der Waals surface area contributed by atoms with Crippen LogP contribution in [0.25, 0.3) is 83.5 Å². The number of fused-ring (bicyclic) bond motifs is 6. The summed E-state index contributed by atoms with van der Waals surface area (Å²) in [7, 11) is -1.41. The van der Waals surface area contributed by atoms with Crippen molar-refractivity contribution in [3.05, 3.63) is 167 Å². The molecule has 5 aromatic heterocycles. The summed E-state index contributed by atoms with van der Waals surface area (Å²) in [5.41, 5.74) is 16.0. The molecule has 0 amide bonds. The van der Waals surface area contributed by atoms with Crippen LogP contribution in [0.5, 0.6) is 0 Å². The Hall–Kier alpha value is -6.12. The fourth-order valence-corrected chi connectivity index (χ4v) is 10.8. The number of hydrogen-bond acceptors (Lipinski definition) is 5. The number of aromatic nitrogens is 5. The minimum atomic E-state index is -1.41. The molecule has 0 aliphatic carbocycles. The van der Waals surface area contributed by atoms with Crippen molar-refractivity contribution in [2.75, 3.05) is 0 Å². The Balaban J connectivity index is 0.000000234. The monoisotopic (exact) mass is 1080 g/mol. The second kappa shape index (κ2) is 19.2. The number of aryl methyl sites for hydroxylation is 3. The van der Waals surface area contributed by atoms with Crippen LogP contribution in [-0.2, 0) is 32.9 Å². The molecule has 0 saturated carbocycles. The zero-order valence-corrected chi connectivity index (χ0v) is 43.4. The molecule has 0 fully saturated rings. The molecule has 0 aliphatic heterocycles. The predicted octanol–water partition coefficient (Wildman–Crippen LogP) is 14.6. The third kappa shape index (κ3) is 9.69. The Labute approximate surface area is 408 Å². The third-order valence-electron chi connectivity index (χ3n) is 12.1. The minimum absolute atomic E-state index is 0. The van der Waals surface area contributed by atoms with E-state index in [9.17, 15) is 4.39 Å². The van der Waals surface area contributed by atoms with Crippen LogP contribution in [0.1, 0.15) is 55.8 Å². The van der Waals surface area contributed by atoms with Crippen LogP contribution in [0.4, 0.5) is 4.39 Å². The number of rotatable bonds is 9. The molecule has 9 heteroatoms. The van der Waals surface area contributed by atoms with Crippen molar-refractivity contribution in [3.63, 3.8) is 0 Å². The van der Waals surface area contributed by atoms with Gasteiger partial charge in [0.05, 0.1) is 36.0 Å². The van der Waals surface area contributed by atoms with Crippen molar-refractivity contribution in [3.8, 4) is 39.5 Å². The van der Waals surface area contributed by atoms with Crippen LogP contribution in [0.2, 0.25) is 19.6 Å². The van der Waals surface area contributed by atoms with Gasteiger partial charge in [-0.3, -0.25) is 14.4 Å². The van der Waals surface area contributed by atoms with E-state index in [4.69, 9.17) is 19.4 Å². The third-order valence-corrected chi connectivity index (χ3v) is 14.2. The summed E-state index contributed by atoms with van der Waals surface area (Å²) in [6.45, 7) is 22.3. The van der Waals surface area contributed by atoms with Gasteiger partial charge in [0, 0.05) is 60.0 Å². The summed E-state index contributed by atoms with van der Waals surface area (Å²) >= 11 is 0. The molecule has 0 N–H and O–H groups in total. The number of hydrogen-bond donors (Lipinski definition) is 0. The SMILES string of the molecule is CC(C)Cc1cc(-c2[c-]cc(F)cc2)ncc1[Si](C)(C)C.Cc1ccc2c(ccc3nc(-c4[c-]ccc5c4oc4nc(CC(C)C)ccc45)n(-c4c(C)cc(-c5ccccc5)cc4C)c32)n1.[Ir]. The zero-order valence-electron chi connectivity index (χ0n) is 40.0. The van der Waals surface area contributed by atoms with E-state index in [0.717, 1.165) is 102 Å². The van der Waals surface area contributed by atoms with Crippen LogP contribution < -0.4 is 5.19 Å². The first kappa shape index (κ1) is 47.4. The van der Waals surface area contributed by atoms with Crippen LogP contribution in [0, 0.1) is 50.6 Å². The van der Waals surface area contributed by atoms with Gasteiger partial charge in [0.15, 0.2) is 0 Å². The molecule has 0 aliphatic rings. The topological polar surface area (TPSA) is 69.6 Å². The molecule has 1 radical (unpaired) electrons. The van der Waals surface area contributed by atoms with E-state index >= 15 is 0 Å². The first-order valence-corrected chi connectivity index (χ1v) is 26.5. The summed E-state index contributed by atoms with van der Waals surface area (Å²) in [6.07, 6.45) is 3.98. The number of pyridine rings is 3. The van der Waals surface area contributed by atoms with Crippen LogP contribution in [0.15, 0.2) is 126 Å². The molecule has 10 rings (SSSR count). The summed E-state index contributed by atoms with van der Waals surface area (Å²) in [4.78, 5) is 19.7. The van der Waals surface area contributed by atoms with Gasteiger partial charge >= 0.3 is 0 Å². The van der Waals surface area contributed by atoms with Gasteiger partial charge in [0.2, 0.25) is 5.71 Å². The fourth-order valence-electron chi connectivity index (χ4n) is 9.22.